The number of para-hydroxylation sites is 1. The Morgan fingerprint density at radius 3 is 3.00 bits per heavy atom. The van der Waals surface area contributed by atoms with Gasteiger partial charge in [0.1, 0.15) is 12.7 Å². The highest BCUT2D eigenvalue weighted by atomic mass is 16.6. The smallest absolute Gasteiger partial charge is 0.185 e. The summed E-state index contributed by atoms with van der Waals surface area (Å²) in [5.41, 5.74) is 12.5. The van der Waals surface area contributed by atoms with Gasteiger partial charge >= 0.3 is 0 Å². The van der Waals surface area contributed by atoms with Gasteiger partial charge in [-0.05, 0) is 12.1 Å². The molecule has 0 spiro atoms. The van der Waals surface area contributed by atoms with E-state index < -0.39 is 0 Å². The van der Waals surface area contributed by atoms with Gasteiger partial charge in [0.25, 0.3) is 0 Å². The summed E-state index contributed by atoms with van der Waals surface area (Å²) >= 11 is 0. The number of rotatable bonds is 3. The quantitative estimate of drug-likeness (QED) is 0.692. The molecular formula is C14H22N4O2. The van der Waals surface area contributed by atoms with E-state index in [1.165, 1.54) is 0 Å². The van der Waals surface area contributed by atoms with Gasteiger partial charge in [0.05, 0.1) is 5.69 Å². The molecule has 0 radical (unpaired) electrons. The lowest BCUT2D eigenvalue weighted by Gasteiger charge is -2.37. The van der Waals surface area contributed by atoms with Crippen molar-refractivity contribution in [3.05, 3.63) is 18.2 Å². The van der Waals surface area contributed by atoms with Gasteiger partial charge in [-0.2, -0.15) is 0 Å². The zero-order valence-corrected chi connectivity index (χ0v) is 11.5. The first-order valence-corrected chi connectivity index (χ1v) is 7.12. The van der Waals surface area contributed by atoms with Gasteiger partial charge in [-0.3, -0.25) is 0 Å². The molecule has 6 nitrogen and oxygen atoms in total. The van der Waals surface area contributed by atoms with Crippen LogP contribution in [0.1, 0.15) is 0 Å². The van der Waals surface area contributed by atoms with Crippen molar-refractivity contribution in [1.82, 2.24) is 5.32 Å². The molecule has 2 aliphatic heterocycles. The van der Waals surface area contributed by atoms with Crippen LogP contribution in [0, 0.1) is 0 Å². The molecule has 2 aliphatic rings. The average Bonchev–Trinajstić information content (AvgIpc) is 2.53. The highest BCUT2D eigenvalue weighted by Gasteiger charge is 2.27. The maximum atomic E-state index is 5.99. The van der Waals surface area contributed by atoms with Crippen LogP contribution < -0.4 is 31.2 Å². The van der Waals surface area contributed by atoms with Crippen LogP contribution in [-0.4, -0.2) is 51.5 Å². The second-order valence-electron chi connectivity index (χ2n) is 5.22. The maximum Gasteiger partial charge on any atom is 0.185 e. The highest BCUT2D eigenvalue weighted by molar-refractivity contribution is 5.65. The lowest BCUT2D eigenvalue weighted by Crippen LogP contribution is -2.54. The topological polar surface area (TPSA) is 85.8 Å². The van der Waals surface area contributed by atoms with Crippen LogP contribution in [0.25, 0.3) is 0 Å². The molecule has 5 N–H and O–H groups in total. The number of ether oxygens (including phenoxy) is 2. The maximum absolute atomic E-state index is 5.99. The molecule has 3 rings (SSSR count). The Labute approximate surface area is 119 Å². The highest BCUT2D eigenvalue weighted by Crippen LogP contribution is 2.40. The normalized spacial score (nSPS) is 25.6. The molecule has 0 amide bonds. The van der Waals surface area contributed by atoms with Gasteiger partial charge in [-0.1, -0.05) is 6.07 Å². The second-order valence-corrected chi connectivity index (χ2v) is 5.22. The van der Waals surface area contributed by atoms with Crippen LogP contribution in [0.3, 0.4) is 0 Å². The third-order valence-electron chi connectivity index (χ3n) is 3.81. The fraction of sp³-hybridized carbons (Fsp3) is 0.571. The molecule has 0 aliphatic carbocycles. The summed E-state index contributed by atoms with van der Waals surface area (Å²) in [6.07, 6.45) is -0.0723. The summed E-state index contributed by atoms with van der Waals surface area (Å²) in [7, 11) is 0. The lowest BCUT2D eigenvalue weighted by atomic mass is 10.1. The monoisotopic (exact) mass is 278 g/mol. The zero-order chi connectivity index (χ0) is 13.9. The summed E-state index contributed by atoms with van der Waals surface area (Å²) in [4.78, 5) is 2.30. The molecule has 1 saturated heterocycles. The summed E-state index contributed by atoms with van der Waals surface area (Å²) in [6.45, 7) is 4.34. The van der Waals surface area contributed by atoms with Crippen molar-refractivity contribution in [3.63, 3.8) is 0 Å². The molecule has 2 atom stereocenters. The van der Waals surface area contributed by atoms with Crippen molar-refractivity contribution < 1.29 is 9.47 Å². The van der Waals surface area contributed by atoms with Crippen LogP contribution in [0.4, 0.5) is 5.69 Å². The number of anilines is 1. The number of fused-ring (bicyclic) bond motifs is 1. The van der Waals surface area contributed by atoms with E-state index >= 15 is 0 Å². The van der Waals surface area contributed by atoms with Crippen LogP contribution in [-0.2, 0) is 0 Å². The average molecular weight is 278 g/mol. The van der Waals surface area contributed by atoms with Gasteiger partial charge < -0.3 is 31.2 Å². The van der Waals surface area contributed by atoms with Crippen molar-refractivity contribution in [2.45, 2.75) is 12.1 Å². The van der Waals surface area contributed by atoms with Gasteiger partial charge in [0, 0.05) is 38.8 Å². The van der Waals surface area contributed by atoms with Gasteiger partial charge in [0.15, 0.2) is 11.5 Å². The van der Waals surface area contributed by atoms with E-state index in [-0.39, 0.29) is 6.10 Å². The Balaban J connectivity index is 1.86. The molecule has 20 heavy (non-hydrogen) atoms. The number of nitrogens with zero attached hydrogens (tertiary/aromatic N) is 1. The number of benzene rings is 1. The fourth-order valence-electron chi connectivity index (χ4n) is 2.69. The molecule has 1 fully saturated rings. The number of nitrogens with two attached hydrogens (primary N) is 2. The largest absolute Gasteiger partial charge is 0.486 e. The van der Waals surface area contributed by atoms with E-state index in [1.54, 1.807) is 0 Å². The van der Waals surface area contributed by atoms with Crippen LogP contribution in [0.15, 0.2) is 18.2 Å². The molecule has 0 saturated carbocycles. The molecule has 6 heteroatoms. The predicted octanol–water partition coefficient (Wildman–Crippen LogP) is -0.478. The first-order chi connectivity index (χ1) is 9.81. The zero-order valence-electron chi connectivity index (χ0n) is 11.5. The molecule has 0 bridgehead atoms. The Morgan fingerprint density at radius 2 is 2.20 bits per heavy atom. The number of piperazine rings is 1. The van der Waals surface area contributed by atoms with Crippen molar-refractivity contribution >= 4 is 5.69 Å². The van der Waals surface area contributed by atoms with E-state index in [4.69, 9.17) is 20.9 Å². The fourth-order valence-corrected chi connectivity index (χ4v) is 2.69. The summed E-state index contributed by atoms with van der Waals surface area (Å²) in [6, 6.07) is 6.32. The molecule has 1 aromatic rings. The van der Waals surface area contributed by atoms with E-state index in [0.29, 0.717) is 25.7 Å². The van der Waals surface area contributed by atoms with Crippen LogP contribution >= 0.6 is 0 Å². The van der Waals surface area contributed by atoms with Crippen LogP contribution in [0.5, 0.6) is 11.5 Å². The molecule has 1 aromatic carbocycles. The Morgan fingerprint density at radius 1 is 1.30 bits per heavy atom. The minimum absolute atomic E-state index is 0.0723. The Bertz CT molecular complexity index is 468. The van der Waals surface area contributed by atoms with Gasteiger partial charge in [-0.25, -0.2) is 0 Å². The van der Waals surface area contributed by atoms with Gasteiger partial charge in [-0.15, -0.1) is 0 Å². The number of hydrogen-bond donors (Lipinski definition) is 3. The molecule has 110 valence electrons. The summed E-state index contributed by atoms with van der Waals surface area (Å²) in [5.74, 6) is 1.61. The number of hydrogen-bond acceptors (Lipinski definition) is 6. The number of nitrogens with one attached hydrogen (secondary N) is 1. The minimum atomic E-state index is -0.0723. The van der Waals surface area contributed by atoms with Gasteiger partial charge in [0.2, 0.25) is 0 Å². The standard InChI is InChI=1S/C14H22N4O2/c15-6-10-8-18(5-4-17-10)12-2-1-3-13-14(12)20-11(7-16)9-19-13/h1-3,10-11,17H,4-9,15-16H2. The third-order valence-corrected chi connectivity index (χ3v) is 3.81. The SMILES string of the molecule is NCC1CN(c2cccc3c2OC(CN)CO3)CCN1. The molecular weight excluding hydrogens is 256 g/mol. The third kappa shape index (κ3) is 2.54. The summed E-state index contributed by atoms with van der Waals surface area (Å²) in [5, 5.41) is 3.41. The second kappa shape index (κ2) is 5.87. The molecule has 2 unspecified atom stereocenters. The van der Waals surface area contributed by atoms with E-state index in [1.807, 2.05) is 12.1 Å². The summed E-state index contributed by atoms with van der Waals surface area (Å²) < 4.78 is 11.7. The van der Waals surface area contributed by atoms with Crippen LogP contribution in [0.2, 0.25) is 0 Å². The Kier molecular flexibility index (Phi) is 3.95. The molecule has 2 heterocycles. The first kappa shape index (κ1) is 13.5. The molecule has 0 aromatic heterocycles. The van der Waals surface area contributed by atoms with Crippen molar-refractivity contribution in [3.8, 4) is 11.5 Å². The van der Waals surface area contributed by atoms with E-state index in [2.05, 4.69) is 16.3 Å². The van der Waals surface area contributed by atoms with Crippen molar-refractivity contribution in [2.75, 3.05) is 44.2 Å². The lowest BCUT2D eigenvalue weighted by molar-refractivity contribution is 0.0973. The first-order valence-electron chi connectivity index (χ1n) is 7.12. The van der Waals surface area contributed by atoms with Crippen molar-refractivity contribution in [2.24, 2.45) is 11.5 Å². The minimum Gasteiger partial charge on any atom is -0.486 e. The van der Waals surface area contributed by atoms with Crippen molar-refractivity contribution in [1.29, 1.82) is 0 Å². The van der Waals surface area contributed by atoms with E-state index in [9.17, 15) is 0 Å². The van der Waals surface area contributed by atoms with E-state index in [0.717, 1.165) is 36.8 Å². The predicted molar refractivity (Wildman–Crippen MR) is 78.5 cm³/mol. The Hall–Kier alpha value is -1.50.